The smallest absolute Gasteiger partial charge is 0.338 e. The number of rotatable bonds is 17. The van der Waals surface area contributed by atoms with Crippen LogP contribution in [0.4, 0.5) is 0 Å². The molecule has 2 atom stereocenters. The lowest BCUT2D eigenvalue weighted by Crippen LogP contribution is -2.35. The molecular formula is C28H46O4. The molecule has 0 amide bonds. The van der Waals surface area contributed by atoms with Gasteiger partial charge in [0.05, 0.1) is 6.10 Å². The molecule has 0 spiro atoms. The van der Waals surface area contributed by atoms with E-state index in [4.69, 9.17) is 14.2 Å². The number of carbonyl (C=O) groups is 1. The molecule has 4 nitrogen and oxygen atoms in total. The summed E-state index contributed by atoms with van der Waals surface area (Å²) in [5.74, 6) is 0.532. The van der Waals surface area contributed by atoms with Crippen molar-refractivity contribution >= 4 is 5.97 Å². The molecule has 1 aliphatic rings. The van der Waals surface area contributed by atoms with Crippen LogP contribution in [0.1, 0.15) is 116 Å². The molecule has 0 radical (unpaired) electrons. The van der Waals surface area contributed by atoms with Crippen LogP contribution in [-0.4, -0.2) is 24.5 Å². The molecule has 32 heavy (non-hydrogen) atoms. The van der Waals surface area contributed by atoms with E-state index in [1.54, 1.807) is 0 Å². The van der Waals surface area contributed by atoms with Gasteiger partial charge in [-0.05, 0) is 38.3 Å². The molecule has 1 aromatic carbocycles. The molecule has 0 bridgehead atoms. The van der Waals surface area contributed by atoms with Gasteiger partial charge in [-0.2, -0.15) is 0 Å². The first-order chi connectivity index (χ1) is 15.6. The Kier molecular flexibility index (Phi) is 13.5. The first-order valence-electron chi connectivity index (χ1n) is 13.2. The second-order valence-electron chi connectivity index (χ2n) is 9.48. The maximum atomic E-state index is 12.8. The highest BCUT2D eigenvalue weighted by molar-refractivity contribution is 5.74. The summed E-state index contributed by atoms with van der Waals surface area (Å²) in [7, 11) is 0. The Morgan fingerprint density at radius 2 is 1.53 bits per heavy atom. The highest BCUT2D eigenvalue weighted by atomic mass is 16.7. The third-order valence-corrected chi connectivity index (χ3v) is 6.15. The van der Waals surface area contributed by atoms with Crippen LogP contribution < -0.4 is 4.74 Å². The van der Waals surface area contributed by atoms with E-state index in [1.807, 2.05) is 32.0 Å². The Balaban J connectivity index is 1.60. The van der Waals surface area contributed by atoms with E-state index in [0.29, 0.717) is 6.42 Å². The maximum absolute atomic E-state index is 12.8. The number of fused-ring (bicyclic) bond motifs is 1. The molecule has 4 heteroatoms. The first-order valence-corrected chi connectivity index (χ1v) is 13.2. The maximum Gasteiger partial charge on any atom is 0.338 e. The van der Waals surface area contributed by atoms with Crippen LogP contribution in [0.2, 0.25) is 0 Å². The minimum absolute atomic E-state index is 0.00197. The summed E-state index contributed by atoms with van der Waals surface area (Å²) in [5.41, 5.74) is 1.17. The van der Waals surface area contributed by atoms with Crippen molar-refractivity contribution in [2.75, 3.05) is 0 Å². The molecule has 2 unspecified atom stereocenters. The van der Waals surface area contributed by atoms with Gasteiger partial charge in [0.15, 0.2) is 6.10 Å². The average molecular weight is 447 g/mol. The largest absolute Gasteiger partial charge is 0.454 e. The van der Waals surface area contributed by atoms with Crippen LogP contribution >= 0.6 is 0 Å². The molecule has 0 fully saturated rings. The fourth-order valence-corrected chi connectivity index (χ4v) is 4.33. The van der Waals surface area contributed by atoms with E-state index >= 15 is 0 Å². The highest BCUT2D eigenvalue weighted by Crippen LogP contribution is 2.28. The molecular weight excluding hydrogens is 400 g/mol. The monoisotopic (exact) mass is 446 g/mol. The van der Waals surface area contributed by atoms with Gasteiger partial charge in [-0.25, -0.2) is 4.79 Å². The number of unbranched alkanes of at least 4 members (excludes halogenated alkanes) is 11. The van der Waals surface area contributed by atoms with E-state index in [-0.39, 0.29) is 12.1 Å². The van der Waals surface area contributed by atoms with Crippen molar-refractivity contribution in [2.24, 2.45) is 0 Å². The van der Waals surface area contributed by atoms with Crippen molar-refractivity contribution in [2.45, 2.75) is 136 Å². The van der Waals surface area contributed by atoms with Gasteiger partial charge in [0.25, 0.3) is 0 Å². The van der Waals surface area contributed by atoms with Crippen LogP contribution in [0.15, 0.2) is 24.3 Å². The van der Waals surface area contributed by atoms with Crippen molar-refractivity contribution in [3.63, 3.8) is 0 Å². The number of ether oxygens (including phenoxy) is 3. The molecule has 1 aromatic rings. The summed E-state index contributed by atoms with van der Waals surface area (Å²) in [4.78, 5) is 12.8. The minimum Gasteiger partial charge on any atom is -0.454 e. The lowest BCUT2D eigenvalue weighted by atomic mass is 10.0. The van der Waals surface area contributed by atoms with E-state index in [2.05, 4.69) is 13.0 Å². The van der Waals surface area contributed by atoms with Gasteiger partial charge in [-0.15, -0.1) is 0 Å². The number of hydrogen-bond acceptors (Lipinski definition) is 4. The van der Waals surface area contributed by atoms with Gasteiger partial charge in [0, 0.05) is 6.42 Å². The average Bonchev–Trinajstić information content (AvgIpc) is 2.78. The fourth-order valence-electron chi connectivity index (χ4n) is 4.33. The molecule has 0 aliphatic carbocycles. The zero-order valence-corrected chi connectivity index (χ0v) is 20.8. The Morgan fingerprint density at radius 1 is 0.938 bits per heavy atom. The third kappa shape index (κ3) is 10.8. The number of benzene rings is 1. The number of aryl methyl sites for hydroxylation is 1. The van der Waals surface area contributed by atoms with Gasteiger partial charge in [0.2, 0.25) is 6.29 Å². The summed E-state index contributed by atoms with van der Waals surface area (Å²) >= 11 is 0. The van der Waals surface area contributed by atoms with Crippen LogP contribution in [0.3, 0.4) is 0 Å². The fraction of sp³-hybridized carbons (Fsp3) is 0.750. The Labute approximate surface area is 196 Å². The van der Waals surface area contributed by atoms with Crippen LogP contribution in [-0.2, 0) is 20.7 Å². The number of esters is 1. The first kappa shape index (κ1) is 26.7. The predicted molar refractivity (Wildman–Crippen MR) is 131 cm³/mol. The van der Waals surface area contributed by atoms with Gasteiger partial charge in [-0.3, -0.25) is 0 Å². The summed E-state index contributed by atoms with van der Waals surface area (Å²) in [6, 6.07) is 7.95. The number of para-hydroxylation sites is 1. The number of hydrogen-bond donors (Lipinski definition) is 0. The second-order valence-corrected chi connectivity index (χ2v) is 9.48. The van der Waals surface area contributed by atoms with Crippen molar-refractivity contribution < 1.29 is 19.0 Å². The Morgan fingerprint density at radius 3 is 2.16 bits per heavy atom. The predicted octanol–water partition coefficient (Wildman–Crippen LogP) is 7.77. The van der Waals surface area contributed by atoms with Gasteiger partial charge in [-0.1, -0.05) is 102 Å². The molecule has 2 rings (SSSR count). The minimum atomic E-state index is -0.516. The zero-order chi connectivity index (χ0) is 23.0. The molecule has 0 N–H and O–H groups in total. The molecule has 182 valence electrons. The normalized spacial score (nSPS) is 16.4. The summed E-state index contributed by atoms with van der Waals surface area (Å²) < 4.78 is 17.5. The van der Waals surface area contributed by atoms with Crippen LogP contribution in [0.5, 0.6) is 5.75 Å². The van der Waals surface area contributed by atoms with Gasteiger partial charge in [0.1, 0.15) is 5.75 Å². The van der Waals surface area contributed by atoms with Crippen LogP contribution in [0.25, 0.3) is 0 Å². The highest BCUT2D eigenvalue weighted by Gasteiger charge is 2.28. The summed E-state index contributed by atoms with van der Waals surface area (Å²) in [6.45, 7) is 6.20. The lowest BCUT2D eigenvalue weighted by Gasteiger charge is -2.27. The molecule has 1 aliphatic heterocycles. The second kappa shape index (κ2) is 16.1. The molecule has 0 saturated carbocycles. The zero-order valence-electron chi connectivity index (χ0n) is 20.8. The lowest BCUT2D eigenvalue weighted by molar-refractivity contribution is -0.181. The quantitative estimate of drug-likeness (QED) is 0.181. The third-order valence-electron chi connectivity index (χ3n) is 6.15. The topological polar surface area (TPSA) is 44.8 Å². The SMILES string of the molecule is CCCCCCCCCCCCCCC(OC(C)C)C(=O)OC1CCc2ccccc2O1. The van der Waals surface area contributed by atoms with E-state index in [1.165, 1.54) is 69.8 Å². The van der Waals surface area contributed by atoms with Crippen LogP contribution in [0, 0.1) is 0 Å². The summed E-state index contributed by atoms with van der Waals surface area (Å²) in [5, 5.41) is 0. The summed E-state index contributed by atoms with van der Waals surface area (Å²) in [6.07, 6.45) is 16.9. The van der Waals surface area contributed by atoms with E-state index in [9.17, 15) is 4.79 Å². The molecule has 0 aromatic heterocycles. The van der Waals surface area contributed by atoms with Gasteiger partial charge < -0.3 is 14.2 Å². The Bertz CT molecular complexity index is 628. The standard InChI is InChI=1S/C28H46O4/c1-4-5-6-7-8-9-10-11-12-13-14-15-20-26(30-23(2)3)28(29)32-27-22-21-24-18-16-17-19-25(24)31-27/h16-19,23,26-27H,4-15,20-22H2,1-3H3. The van der Waals surface area contributed by atoms with Gasteiger partial charge >= 0.3 is 5.97 Å². The van der Waals surface area contributed by atoms with Crippen molar-refractivity contribution in [1.29, 1.82) is 0 Å². The molecule has 1 heterocycles. The van der Waals surface area contributed by atoms with Crippen molar-refractivity contribution in [1.82, 2.24) is 0 Å². The van der Waals surface area contributed by atoms with E-state index in [0.717, 1.165) is 31.4 Å². The Hall–Kier alpha value is -1.55. The number of carbonyl (C=O) groups excluding carboxylic acids is 1. The molecule has 0 saturated heterocycles. The van der Waals surface area contributed by atoms with Crippen molar-refractivity contribution in [3.8, 4) is 5.75 Å². The van der Waals surface area contributed by atoms with Crippen molar-refractivity contribution in [3.05, 3.63) is 29.8 Å². The van der Waals surface area contributed by atoms with E-state index < -0.39 is 12.4 Å².